The largest absolute Gasteiger partial charge is 0.379 e. The number of aromatic nitrogens is 4. The Balaban J connectivity index is 1.55. The predicted molar refractivity (Wildman–Crippen MR) is 91.3 cm³/mol. The number of fused-ring (bicyclic) bond motifs is 1. The lowest BCUT2D eigenvalue weighted by atomic mass is 10.2. The fraction of sp³-hybridized carbons (Fsp3) is 0.353. The van der Waals surface area contributed by atoms with Crippen LogP contribution >= 0.6 is 0 Å². The van der Waals surface area contributed by atoms with Gasteiger partial charge in [0.25, 0.3) is 5.78 Å². The molecule has 0 spiro atoms. The Hall–Kier alpha value is -2.51. The van der Waals surface area contributed by atoms with Crippen LogP contribution in [0.1, 0.15) is 11.3 Å². The van der Waals surface area contributed by atoms with Crippen molar-refractivity contribution in [2.75, 3.05) is 31.6 Å². The molecule has 124 valence electrons. The molecule has 0 atom stereocenters. The van der Waals surface area contributed by atoms with Crippen LogP contribution in [0.3, 0.4) is 0 Å². The molecule has 1 aromatic carbocycles. The average molecular weight is 324 g/mol. The summed E-state index contributed by atoms with van der Waals surface area (Å²) in [5.74, 6) is 1.46. The van der Waals surface area contributed by atoms with Crippen LogP contribution in [-0.2, 0) is 11.3 Å². The fourth-order valence-corrected chi connectivity index (χ4v) is 2.93. The summed E-state index contributed by atoms with van der Waals surface area (Å²) in [5.41, 5.74) is 3.22. The number of rotatable bonds is 4. The third-order valence-electron chi connectivity index (χ3n) is 4.09. The lowest BCUT2D eigenvalue weighted by Crippen LogP contribution is -2.35. The summed E-state index contributed by atoms with van der Waals surface area (Å²) in [4.78, 5) is 10.9. The second kappa shape index (κ2) is 6.54. The van der Waals surface area contributed by atoms with Crippen molar-refractivity contribution in [1.82, 2.24) is 24.5 Å². The van der Waals surface area contributed by atoms with Gasteiger partial charge in [-0.05, 0) is 24.6 Å². The van der Waals surface area contributed by atoms with Gasteiger partial charge in [0.05, 0.1) is 13.2 Å². The van der Waals surface area contributed by atoms with Gasteiger partial charge in [0.1, 0.15) is 12.1 Å². The van der Waals surface area contributed by atoms with E-state index in [4.69, 9.17) is 4.74 Å². The highest BCUT2D eigenvalue weighted by Crippen LogP contribution is 2.19. The molecule has 0 radical (unpaired) electrons. The van der Waals surface area contributed by atoms with Crippen LogP contribution in [0.15, 0.2) is 36.7 Å². The molecule has 0 amide bonds. The normalized spacial score (nSPS) is 15.7. The van der Waals surface area contributed by atoms with Gasteiger partial charge in [-0.3, -0.25) is 4.90 Å². The van der Waals surface area contributed by atoms with Crippen molar-refractivity contribution in [3.05, 3.63) is 47.9 Å². The zero-order valence-corrected chi connectivity index (χ0v) is 13.6. The average Bonchev–Trinajstić information content (AvgIpc) is 3.04. The molecule has 1 N–H and O–H groups in total. The highest BCUT2D eigenvalue weighted by molar-refractivity contribution is 5.59. The standard InChI is InChI=1S/C17H20N6O/c1-13-9-16(23-17(20-13)18-12-19-23)21-15-4-2-3-14(10-15)11-22-5-7-24-8-6-22/h2-4,9-10,12,21H,5-8,11H2,1H3. The topological polar surface area (TPSA) is 67.6 Å². The molecule has 24 heavy (non-hydrogen) atoms. The summed E-state index contributed by atoms with van der Waals surface area (Å²) in [5, 5.41) is 7.66. The lowest BCUT2D eigenvalue weighted by Gasteiger charge is -2.26. The Bertz CT molecular complexity index is 840. The number of hydrogen-bond donors (Lipinski definition) is 1. The van der Waals surface area contributed by atoms with Crippen molar-refractivity contribution in [1.29, 1.82) is 0 Å². The molecule has 1 saturated heterocycles. The van der Waals surface area contributed by atoms with Crippen LogP contribution < -0.4 is 5.32 Å². The van der Waals surface area contributed by atoms with Crippen LogP contribution in [0.2, 0.25) is 0 Å². The molecule has 0 aliphatic carbocycles. The Morgan fingerprint density at radius 2 is 2.08 bits per heavy atom. The minimum atomic E-state index is 0.599. The second-order valence-electron chi connectivity index (χ2n) is 5.97. The molecule has 0 bridgehead atoms. The van der Waals surface area contributed by atoms with Gasteiger partial charge in [0, 0.05) is 37.1 Å². The number of nitrogens with zero attached hydrogens (tertiary/aromatic N) is 5. The maximum Gasteiger partial charge on any atom is 0.254 e. The van der Waals surface area contributed by atoms with E-state index in [1.54, 1.807) is 4.52 Å². The number of anilines is 2. The van der Waals surface area contributed by atoms with Gasteiger partial charge in [-0.1, -0.05) is 12.1 Å². The molecular weight excluding hydrogens is 304 g/mol. The smallest absolute Gasteiger partial charge is 0.254 e. The molecule has 3 heterocycles. The first-order valence-corrected chi connectivity index (χ1v) is 8.11. The van der Waals surface area contributed by atoms with Crippen molar-refractivity contribution >= 4 is 17.3 Å². The van der Waals surface area contributed by atoms with Gasteiger partial charge in [0.15, 0.2) is 0 Å². The first kappa shape index (κ1) is 15.0. The molecule has 2 aromatic heterocycles. The molecule has 4 rings (SSSR count). The van der Waals surface area contributed by atoms with E-state index >= 15 is 0 Å². The minimum absolute atomic E-state index is 0.599. The highest BCUT2D eigenvalue weighted by atomic mass is 16.5. The number of morpholine rings is 1. The van der Waals surface area contributed by atoms with E-state index in [0.717, 1.165) is 50.0 Å². The summed E-state index contributed by atoms with van der Waals surface area (Å²) in [6, 6.07) is 10.4. The zero-order valence-electron chi connectivity index (χ0n) is 13.6. The third kappa shape index (κ3) is 3.22. The van der Waals surface area contributed by atoms with Crippen LogP contribution in [-0.4, -0.2) is 50.8 Å². The first-order valence-electron chi connectivity index (χ1n) is 8.11. The van der Waals surface area contributed by atoms with Crippen molar-refractivity contribution in [3.8, 4) is 0 Å². The highest BCUT2D eigenvalue weighted by Gasteiger charge is 2.11. The van der Waals surface area contributed by atoms with Gasteiger partial charge in [-0.15, -0.1) is 0 Å². The third-order valence-corrected chi connectivity index (χ3v) is 4.09. The van der Waals surface area contributed by atoms with Crippen LogP contribution in [0, 0.1) is 6.92 Å². The van der Waals surface area contributed by atoms with E-state index in [9.17, 15) is 0 Å². The van der Waals surface area contributed by atoms with Gasteiger partial charge >= 0.3 is 0 Å². The van der Waals surface area contributed by atoms with E-state index < -0.39 is 0 Å². The van der Waals surface area contributed by atoms with Crippen LogP contribution in [0.25, 0.3) is 5.78 Å². The Morgan fingerprint density at radius 1 is 1.21 bits per heavy atom. The van der Waals surface area contributed by atoms with Gasteiger partial charge in [0.2, 0.25) is 0 Å². The molecule has 1 fully saturated rings. The van der Waals surface area contributed by atoms with E-state index in [-0.39, 0.29) is 0 Å². The maximum absolute atomic E-state index is 5.41. The summed E-state index contributed by atoms with van der Waals surface area (Å²) in [6.07, 6.45) is 1.52. The fourth-order valence-electron chi connectivity index (χ4n) is 2.93. The van der Waals surface area contributed by atoms with Gasteiger partial charge < -0.3 is 10.1 Å². The quantitative estimate of drug-likeness (QED) is 0.792. The minimum Gasteiger partial charge on any atom is -0.379 e. The molecule has 7 heteroatoms. The lowest BCUT2D eigenvalue weighted by molar-refractivity contribution is 0.0342. The van der Waals surface area contributed by atoms with Gasteiger partial charge in [-0.2, -0.15) is 14.6 Å². The molecule has 0 saturated carbocycles. The monoisotopic (exact) mass is 324 g/mol. The summed E-state index contributed by atoms with van der Waals surface area (Å²) >= 11 is 0. The van der Waals surface area contributed by atoms with Gasteiger partial charge in [-0.25, -0.2) is 4.98 Å². The molecule has 3 aromatic rings. The predicted octanol–water partition coefficient (Wildman–Crippen LogP) is 2.01. The van der Waals surface area contributed by atoms with Crippen molar-refractivity contribution in [2.24, 2.45) is 0 Å². The molecule has 1 aliphatic heterocycles. The number of aryl methyl sites for hydroxylation is 1. The summed E-state index contributed by atoms with van der Waals surface area (Å²) in [6.45, 7) is 6.50. The molecule has 7 nitrogen and oxygen atoms in total. The Labute approximate surface area is 140 Å². The molecule has 0 unspecified atom stereocenters. The second-order valence-corrected chi connectivity index (χ2v) is 5.97. The SMILES string of the molecule is Cc1cc(Nc2cccc(CN3CCOCC3)c2)n2ncnc2n1. The van der Waals surface area contributed by atoms with Crippen molar-refractivity contribution in [2.45, 2.75) is 13.5 Å². The Morgan fingerprint density at radius 3 is 2.96 bits per heavy atom. The first-order chi connectivity index (χ1) is 11.8. The Kier molecular flexibility index (Phi) is 4.10. The maximum atomic E-state index is 5.41. The zero-order chi connectivity index (χ0) is 16.4. The van der Waals surface area contributed by atoms with Crippen molar-refractivity contribution < 1.29 is 4.74 Å². The van der Waals surface area contributed by atoms with E-state index in [1.165, 1.54) is 11.9 Å². The summed E-state index contributed by atoms with van der Waals surface area (Å²) < 4.78 is 7.12. The van der Waals surface area contributed by atoms with E-state index in [2.05, 4.69) is 49.5 Å². The number of benzene rings is 1. The van der Waals surface area contributed by atoms with Crippen LogP contribution in [0.5, 0.6) is 0 Å². The van der Waals surface area contributed by atoms with Crippen LogP contribution in [0.4, 0.5) is 11.5 Å². The van der Waals surface area contributed by atoms with E-state index in [0.29, 0.717) is 5.78 Å². The molecular formula is C17H20N6O. The summed E-state index contributed by atoms with van der Waals surface area (Å²) in [7, 11) is 0. The number of hydrogen-bond acceptors (Lipinski definition) is 6. The van der Waals surface area contributed by atoms with E-state index in [1.807, 2.05) is 13.0 Å². The molecule has 1 aliphatic rings. The van der Waals surface area contributed by atoms with Crippen molar-refractivity contribution in [3.63, 3.8) is 0 Å². The number of ether oxygens (including phenoxy) is 1. The number of nitrogens with one attached hydrogen (secondary N) is 1.